The van der Waals surface area contributed by atoms with Crippen molar-refractivity contribution in [3.05, 3.63) is 12.7 Å². The van der Waals surface area contributed by atoms with Crippen LogP contribution < -0.4 is 0 Å². The zero-order chi connectivity index (χ0) is 16.2. The largest absolute Gasteiger partial charge is 0.383 e. The van der Waals surface area contributed by atoms with Crippen LogP contribution in [0.15, 0.2) is 12.7 Å². The summed E-state index contributed by atoms with van der Waals surface area (Å²) in [5.41, 5.74) is 0. The lowest BCUT2D eigenvalue weighted by atomic mass is 10.0. The third-order valence-corrected chi connectivity index (χ3v) is 4.65. The highest BCUT2D eigenvalue weighted by Crippen LogP contribution is 2.25. The minimum absolute atomic E-state index is 0.0465. The van der Waals surface area contributed by atoms with E-state index in [-0.39, 0.29) is 23.8 Å². The molecule has 3 rings (SSSR count). The molecule has 0 bridgehead atoms. The third-order valence-electron chi connectivity index (χ3n) is 4.65. The molecule has 1 aromatic heterocycles. The average Bonchev–Trinajstić information content (AvgIpc) is 3.22. The molecule has 2 aliphatic rings. The maximum atomic E-state index is 12.8. The van der Waals surface area contributed by atoms with Crippen LogP contribution in [0.2, 0.25) is 0 Å². The first-order chi connectivity index (χ1) is 11.2. The summed E-state index contributed by atoms with van der Waals surface area (Å²) in [6, 6.07) is 0.178. The van der Waals surface area contributed by atoms with Gasteiger partial charge in [0, 0.05) is 39.7 Å². The van der Waals surface area contributed by atoms with E-state index in [1.807, 2.05) is 9.58 Å². The first-order valence-corrected chi connectivity index (χ1v) is 8.08. The molecule has 0 radical (unpaired) electrons. The van der Waals surface area contributed by atoms with E-state index in [1.54, 1.807) is 18.3 Å². The number of carbonyl (C=O) groups is 2. The molecule has 0 aromatic carbocycles. The molecule has 126 valence electrons. The smallest absolute Gasteiger partial charge is 0.228 e. The predicted octanol–water partition coefficient (Wildman–Crippen LogP) is -0.0635. The van der Waals surface area contributed by atoms with Gasteiger partial charge in [-0.05, 0) is 12.8 Å². The Hall–Kier alpha value is -1.96. The van der Waals surface area contributed by atoms with E-state index in [4.69, 9.17) is 4.74 Å². The molecule has 2 saturated heterocycles. The van der Waals surface area contributed by atoms with Crippen molar-refractivity contribution in [2.24, 2.45) is 5.92 Å². The molecule has 8 heteroatoms. The third kappa shape index (κ3) is 3.52. The van der Waals surface area contributed by atoms with Gasteiger partial charge in [0.15, 0.2) is 0 Å². The summed E-state index contributed by atoms with van der Waals surface area (Å²) in [6.07, 6.45) is 5.47. The van der Waals surface area contributed by atoms with E-state index < -0.39 is 0 Å². The molecule has 2 fully saturated rings. The zero-order valence-electron chi connectivity index (χ0n) is 13.4. The Kier molecular flexibility index (Phi) is 4.90. The van der Waals surface area contributed by atoms with Gasteiger partial charge in [-0.1, -0.05) is 0 Å². The number of piperidine rings is 1. The van der Waals surface area contributed by atoms with Crippen LogP contribution in [0.25, 0.3) is 0 Å². The van der Waals surface area contributed by atoms with Crippen LogP contribution in [0.4, 0.5) is 0 Å². The van der Waals surface area contributed by atoms with E-state index in [2.05, 4.69) is 10.1 Å². The Balaban J connectivity index is 1.58. The van der Waals surface area contributed by atoms with Gasteiger partial charge in [0.1, 0.15) is 12.7 Å². The molecule has 2 atom stereocenters. The molecule has 0 saturated carbocycles. The van der Waals surface area contributed by atoms with Crippen LogP contribution in [0.1, 0.15) is 25.3 Å². The second kappa shape index (κ2) is 7.08. The van der Waals surface area contributed by atoms with Gasteiger partial charge in [0.05, 0.1) is 18.6 Å². The average molecular weight is 321 g/mol. The fourth-order valence-corrected chi connectivity index (χ4v) is 3.39. The van der Waals surface area contributed by atoms with Crippen molar-refractivity contribution >= 4 is 11.8 Å². The van der Waals surface area contributed by atoms with Crippen molar-refractivity contribution in [2.45, 2.75) is 25.3 Å². The second-order valence-electron chi connectivity index (χ2n) is 6.19. The second-order valence-corrected chi connectivity index (χ2v) is 6.19. The molecule has 0 aliphatic carbocycles. The van der Waals surface area contributed by atoms with Crippen molar-refractivity contribution in [3.63, 3.8) is 0 Å². The van der Waals surface area contributed by atoms with E-state index in [0.29, 0.717) is 32.7 Å². The predicted molar refractivity (Wildman–Crippen MR) is 81.4 cm³/mol. The fourth-order valence-electron chi connectivity index (χ4n) is 3.39. The molecule has 0 unspecified atom stereocenters. The number of hydrogen-bond acceptors (Lipinski definition) is 5. The lowest BCUT2D eigenvalue weighted by Gasteiger charge is -2.34. The molecule has 1 aromatic rings. The van der Waals surface area contributed by atoms with Crippen molar-refractivity contribution in [1.82, 2.24) is 24.6 Å². The summed E-state index contributed by atoms with van der Waals surface area (Å²) in [6.45, 7) is 2.97. The van der Waals surface area contributed by atoms with Gasteiger partial charge in [0.2, 0.25) is 11.8 Å². The summed E-state index contributed by atoms with van der Waals surface area (Å²) in [4.78, 5) is 32.3. The molecule has 2 aliphatic heterocycles. The SMILES string of the molecule is COCCN1C[C@@H](C(=O)N2CCC[C@@H](n3cncn3)C2)CC1=O. The highest BCUT2D eigenvalue weighted by molar-refractivity contribution is 5.89. The normalized spacial score (nSPS) is 25.2. The van der Waals surface area contributed by atoms with Crippen LogP contribution >= 0.6 is 0 Å². The van der Waals surface area contributed by atoms with Crippen LogP contribution in [-0.4, -0.2) is 76.3 Å². The van der Waals surface area contributed by atoms with Crippen molar-refractivity contribution in [1.29, 1.82) is 0 Å². The minimum atomic E-state index is -0.228. The number of methoxy groups -OCH3 is 1. The summed E-state index contributed by atoms with van der Waals surface area (Å²) < 4.78 is 6.84. The topological polar surface area (TPSA) is 80.6 Å². The number of nitrogens with zero attached hydrogens (tertiary/aromatic N) is 5. The minimum Gasteiger partial charge on any atom is -0.383 e. The molecular formula is C15H23N5O3. The summed E-state index contributed by atoms with van der Waals surface area (Å²) in [5, 5.41) is 4.18. The highest BCUT2D eigenvalue weighted by Gasteiger charge is 2.37. The Labute approximate surface area is 135 Å². The van der Waals surface area contributed by atoms with Gasteiger partial charge < -0.3 is 14.5 Å². The fraction of sp³-hybridized carbons (Fsp3) is 0.733. The Morgan fingerprint density at radius 1 is 1.43 bits per heavy atom. The molecular weight excluding hydrogens is 298 g/mol. The van der Waals surface area contributed by atoms with E-state index >= 15 is 0 Å². The van der Waals surface area contributed by atoms with Crippen LogP contribution in [0.5, 0.6) is 0 Å². The van der Waals surface area contributed by atoms with Crippen LogP contribution in [0.3, 0.4) is 0 Å². The van der Waals surface area contributed by atoms with E-state index in [9.17, 15) is 9.59 Å². The first kappa shape index (κ1) is 15.9. The van der Waals surface area contributed by atoms with Gasteiger partial charge in [-0.3, -0.25) is 9.59 Å². The molecule has 0 spiro atoms. The van der Waals surface area contributed by atoms with Crippen LogP contribution in [0, 0.1) is 5.92 Å². The van der Waals surface area contributed by atoms with Gasteiger partial charge in [-0.15, -0.1) is 0 Å². The van der Waals surface area contributed by atoms with E-state index in [0.717, 1.165) is 19.4 Å². The van der Waals surface area contributed by atoms with Crippen LogP contribution in [-0.2, 0) is 14.3 Å². The lowest BCUT2D eigenvalue weighted by Crippen LogP contribution is -2.44. The molecule has 2 amide bonds. The monoisotopic (exact) mass is 321 g/mol. The lowest BCUT2D eigenvalue weighted by molar-refractivity contribution is -0.137. The first-order valence-electron chi connectivity index (χ1n) is 8.08. The number of hydrogen-bond donors (Lipinski definition) is 0. The molecule has 23 heavy (non-hydrogen) atoms. The Morgan fingerprint density at radius 2 is 2.30 bits per heavy atom. The standard InChI is InChI=1S/C15H23N5O3/c1-23-6-5-18-8-12(7-14(18)21)15(22)19-4-2-3-13(9-19)20-11-16-10-17-20/h10-13H,2-9H2,1H3/t12-,13+/m0/s1. The van der Waals surface area contributed by atoms with Gasteiger partial charge in [0.25, 0.3) is 0 Å². The Morgan fingerprint density at radius 3 is 3.04 bits per heavy atom. The summed E-state index contributed by atoms with van der Waals surface area (Å²) >= 11 is 0. The Bertz CT molecular complexity index is 547. The van der Waals surface area contributed by atoms with Gasteiger partial charge in [-0.2, -0.15) is 5.10 Å². The number of carbonyl (C=O) groups excluding carboxylic acids is 2. The number of amides is 2. The van der Waals surface area contributed by atoms with Crippen molar-refractivity contribution in [3.8, 4) is 0 Å². The quantitative estimate of drug-likeness (QED) is 0.759. The summed E-state index contributed by atoms with van der Waals surface area (Å²) in [7, 11) is 1.61. The zero-order valence-corrected chi connectivity index (χ0v) is 13.4. The number of ether oxygens (including phenoxy) is 1. The highest BCUT2D eigenvalue weighted by atomic mass is 16.5. The summed E-state index contributed by atoms with van der Waals surface area (Å²) in [5.74, 6) is -0.0952. The van der Waals surface area contributed by atoms with Crippen molar-refractivity contribution < 1.29 is 14.3 Å². The maximum Gasteiger partial charge on any atom is 0.228 e. The van der Waals surface area contributed by atoms with Gasteiger partial charge >= 0.3 is 0 Å². The molecule has 0 N–H and O–H groups in total. The van der Waals surface area contributed by atoms with E-state index in [1.165, 1.54) is 6.33 Å². The molecule has 8 nitrogen and oxygen atoms in total. The maximum absolute atomic E-state index is 12.8. The number of rotatable bonds is 5. The van der Waals surface area contributed by atoms with Gasteiger partial charge in [-0.25, -0.2) is 9.67 Å². The number of likely N-dealkylation sites (tertiary alicyclic amines) is 2. The van der Waals surface area contributed by atoms with Crippen molar-refractivity contribution in [2.75, 3.05) is 39.9 Å². The molecule has 3 heterocycles. The number of aromatic nitrogens is 3.